The van der Waals surface area contributed by atoms with Crippen LogP contribution in [0.3, 0.4) is 0 Å². The SMILES string of the molecule is CNC(CCC(=O)OC)c1cc(C)c(C)cc1OC. The lowest BCUT2D eigenvalue weighted by molar-refractivity contribution is -0.140. The first-order valence-corrected chi connectivity index (χ1v) is 6.42. The Labute approximate surface area is 115 Å². The highest BCUT2D eigenvalue weighted by Crippen LogP contribution is 2.30. The number of ether oxygens (including phenoxy) is 2. The average Bonchev–Trinajstić information content (AvgIpc) is 2.42. The molecular formula is C15H23NO3. The fraction of sp³-hybridized carbons (Fsp3) is 0.533. The van der Waals surface area contributed by atoms with Gasteiger partial charge in [-0.05, 0) is 44.5 Å². The zero-order valence-corrected chi connectivity index (χ0v) is 12.4. The Balaban J connectivity index is 2.97. The van der Waals surface area contributed by atoms with E-state index in [9.17, 15) is 4.79 Å². The van der Waals surface area contributed by atoms with Crippen molar-refractivity contribution in [1.82, 2.24) is 5.32 Å². The number of carbonyl (C=O) groups excluding carboxylic acids is 1. The molecule has 1 rings (SSSR count). The number of aryl methyl sites for hydroxylation is 2. The lowest BCUT2D eigenvalue weighted by atomic mass is 9.96. The summed E-state index contributed by atoms with van der Waals surface area (Å²) in [5.41, 5.74) is 3.49. The minimum Gasteiger partial charge on any atom is -0.496 e. The summed E-state index contributed by atoms with van der Waals surface area (Å²) in [6, 6.07) is 4.23. The van der Waals surface area contributed by atoms with Crippen molar-refractivity contribution in [3.63, 3.8) is 0 Å². The van der Waals surface area contributed by atoms with E-state index in [1.54, 1.807) is 7.11 Å². The van der Waals surface area contributed by atoms with Crippen molar-refractivity contribution in [2.75, 3.05) is 21.3 Å². The van der Waals surface area contributed by atoms with Crippen LogP contribution in [-0.4, -0.2) is 27.2 Å². The van der Waals surface area contributed by atoms with E-state index in [4.69, 9.17) is 4.74 Å². The maximum absolute atomic E-state index is 11.3. The van der Waals surface area contributed by atoms with Gasteiger partial charge in [-0.3, -0.25) is 4.79 Å². The van der Waals surface area contributed by atoms with E-state index in [2.05, 4.69) is 30.0 Å². The summed E-state index contributed by atoms with van der Waals surface area (Å²) in [6.45, 7) is 4.13. The number of hydrogen-bond donors (Lipinski definition) is 1. The number of carbonyl (C=O) groups is 1. The van der Waals surface area contributed by atoms with E-state index in [-0.39, 0.29) is 12.0 Å². The van der Waals surface area contributed by atoms with Crippen molar-refractivity contribution in [2.45, 2.75) is 32.7 Å². The Kier molecular flexibility index (Phi) is 5.83. The van der Waals surface area contributed by atoms with Crippen LogP contribution >= 0.6 is 0 Å². The van der Waals surface area contributed by atoms with Crippen molar-refractivity contribution in [1.29, 1.82) is 0 Å². The number of benzene rings is 1. The third-order valence-electron chi connectivity index (χ3n) is 3.43. The molecule has 19 heavy (non-hydrogen) atoms. The molecule has 0 bridgehead atoms. The third-order valence-corrected chi connectivity index (χ3v) is 3.43. The quantitative estimate of drug-likeness (QED) is 0.803. The molecule has 4 heteroatoms. The van der Waals surface area contributed by atoms with Crippen LogP contribution in [0.5, 0.6) is 5.75 Å². The Morgan fingerprint density at radius 2 is 1.89 bits per heavy atom. The van der Waals surface area contributed by atoms with Crippen molar-refractivity contribution in [2.24, 2.45) is 0 Å². The highest BCUT2D eigenvalue weighted by molar-refractivity contribution is 5.69. The molecule has 1 atom stereocenters. The van der Waals surface area contributed by atoms with Gasteiger partial charge in [-0.25, -0.2) is 0 Å². The molecule has 0 saturated carbocycles. The first kappa shape index (κ1) is 15.5. The molecule has 1 unspecified atom stereocenters. The summed E-state index contributed by atoms with van der Waals surface area (Å²) in [5, 5.41) is 3.23. The van der Waals surface area contributed by atoms with Gasteiger partial charge in [0.15, 0.2) is 0 Å². The number of hydrogen-bond acceptors (Lipinski definition) is 4. The third kappa shape index (κ3) is 3.96. The molecule has 1 N–H and O–H groups in total. The van der Waals surface area contributed by atoms with Gasteiger partial charge in [-0.1, -0.05) is 6.07 Å². The predicted molar refractivity (Wildman–Crippen MR) is 75.5 cm³/mol. The molecule has 0 aromatic heterocycles. The summed E-state index contributed by atoms with van der Waals surface area (Å²) in [5.74, 6) is 0.662. The molecular weight excluding hydrogens is 242 g/mol. The molecule has 0 heterocycles. The van der Waals surface area contributed by atoms with Gasteiger partial charge in [0.05, 0.1) is 14.2 Å². The van der Waals surface area contributed by atoms with Gasteiger partial charge in [0.25, 0.3) is 0 Å². The van der Waals surface area contributed by atoms with Gasteiger partial charge in [-0.15, -0.1) is 0 Å². The van der Waals surface area contributed by atoms with Crippen LogP contribution < -0.4 is 10.1 Å². The molecule has 0 aliphatic carbocycles. The van der Waals surface area contributed by atoms with E-state index < -0.39 is 0 Å². The number of esters is 1. The lowest BCUT2D eigenvalue weighted by Crippen LogP contribution is -2.19. The zero-order valence-electron chi connectivity index (χ0n) is 12.4. The molecule has 1 aromatic rings. The predicted octanol–water partition coefficient (Wildman–Crippen LogP) is 2.53. The molecule has 0 spiro atoms. The van der Waals surface area contributed by atoms with E-state index >= 15 is 0 Å². The van der Waals surface area contributed by atoms with Crippen LogP contribution in [0.4, 0.5) is 0 Å². The van der Waals surface area contributed by atoms with Crippen LogP contribution in [0.1, 0.15) is 35.6 Å². The second-order valence-electron chi connectivity index (χ2n) is 4.63. The molecule has 1 aromatic carbocycles. The van der Waals surface area contributed by atoms with E-state index in [1.807, 2.05) is 13.1 Å². The normalized spacial score (nSPS) is 12.1. The van der Waals surface area contributed by atoms with Crippen molar-refractivity contribution in [3.05, 3.63) is 28.8 Å². The number of nitrogens with one attached hydrogen (secondary N) is 1. The fourth-order valence-electron chi connectivity index (χ4n) is 2.08. The fourth-order valence-corrected chi connectivity index (χ4v) is 2.08. The Hall–Kier alpha value is -1.55. The molecule has 0 fully saturated rings. The Morgan fingerprint density at radius 3 is 2.42 bits per heavy atom. The zero-order chi connectivity index (χ0) is 14.4. The summed E-state index contributed by atoms with van der Waals surface area (Å²) in [6.07, 6.45) is 1.07. The summed E-state index contributed by atoms with van der Waals surface area (Å²) >= 11 is 0. The molecule has 0 aliphatic heterocycles. The van der Waals surface area contributed by atoms with Crippen molar-refractivity contribution < 1.29 is 14.3 Å². The van der Waals surface area contributed by atoms with Crippen molar-refractivity contribution >= 4 is 5.97 Å². The second-order valence-corrected chi connectivity index (χ2v) is 4.63. The lowest BCUT2D eigenvalue weighted by Gasteiger charge is -2.20. The van der Waals surface area contributed by atoms with Crippen LogP contribution in [0.25, 0.3) is 0 Å². The second kappa shape index (κ2) is 7.14. The highest BCUT2D eigenvalue weighted by atomic mass is 16.5. The van der Waals surface area contributed by atoms with E-state index in [0.29, 0.717) is 12.8 Å². The topological polar surface area (TPSA) is 47.6 Å². The van der Waals surface area contributed by atoms with Gasteiger partial charge in [0.1, 0.15) is 5.75 Å². The summed E-state index contributed by atoms with van der Waals surface area (Å²) in [7, 11) is 4.96. The Morgan fingerprint density at radius 1 is 1.26 bits per heavy atom. The first-order valence-electron chi connectivity index (χ1n) is 6.42. The number of methoxy groups -OCH3 is 2. The maximum Gasteiger partial charge on any atom is 0.305 e. The number of rotatable bonds is 6. The van der Waals surface area contributed by atoms with Crippen molar-refractivity contribution in [3.8, 4) is 5.75 Å². The van der Waals surface area contributed by atoms with Gasteiger partial charge < -0.3 is 14.8 Å². The molecule has 0 aliphatic rings. The standard InChI is InChI=1S/C15H23NO3/c1-10-8-12(14(18-4)9-11(10)2)13(16-3)6-7-15(17)19-5/h8-9,13,16H,6-7H2,1-5H3. The minimum atomic E-state index is -0.192. The molecule has 0 saturated heterocycles. The van der Waals surface area contributed by atoms with Gasteiger partial charge >= 0.3 is 5.97 Å². The first-order chi connectivity index (χ1) is 9.03. The molecule has 0 amide bonds. The van der Waals surface area contributed by atoms with Crippen LogP contribution in [-0.2, 0) is 9.53 Å². The highest BCUT2D eigenvalue weighted by Gasteiger charge is 2.17. The maximum atomic E-state index is 11.3. The van der Waals surface area contributed by atoms with Gasteiger partial charge in [-0.2, -0.15) is 0 Å². The van der Waals surface area contributed by atoms with E-state index in [1.165, 1.54) is 18.2 Å². The molecule has 106 valence electrons. The van der Waals surface area contributed by atoms with Gasteiger partial charge in [0, 0.05) is 18.0 Å². The van der Waals surface area contributed by atoms with Crippen LogP contribution in [0, 0.1) is 13.8 Å². The monoisotopic (exact) mass is 265 g/mol. The smallest absolute Gasteiger partial charge is 0.305 e. The minimum absolute atomic E-state index is 0.0772. The molecule has 4 nitrogen and oxygen atoms in total. The largest absolute Gasteiger partial charge is 0.496 e. The van der Waals surface area contributed by atoms with Gasteiger partial charge in [0.2, 0.25) is 0 Å². The Bertz CT molecular complexity index is 443. The van der Waals surface area contributed by atoms with E-state index in [0.717, 1.165) is 11.3 Å². The average molecular weight is 265 g/mol. The van der Waals surface area contributed by atoms with Crippen LogP contribution in [0.2, 0.25) is 0 Å². The molecule has 0 radical (unpaired) electrons. The van der Waals surface area contributed by atoms with Crippen LogP contribution in [0.15, 0.2) is 12.1 Å². The summed E-state index contributed by atoms with van der Waals surface area (Å²) in [4.78, 5) is 11.3. The summed E-state index contributed by atoms with van der Waals surface area (Å²) < 4.78 is 10.1.